The van der Waals surface area contributed by atoms with Gasteiger partial charge in [-0.1, -0.05) is 6.07 Å². The molecule has 1 atom stereocenters. The van der Waals surface area contributed by atoms with Crippen molar-refractivity contribution in [2.75, 3.05) is 18.6 Å². The summed E-state index contributed by atoms with van der Waals surface area (Å²) in [6, 6.07) is 13.6. The molecule has 1 aliphatic rings. The van der Waals surface area contributed by atoms with Crippen LogP contribution in [-0.4, -0.2) is 45.4 Å². The molecule has 0 spiro atoms. The largest absolute Gasteiger partial charge is 0.482 e. The van der Waals surface area contributed by atoms with Gasteiger partial charge in [0.2, 0.25) is 5.88 Å². The zero-order chi connectivity index (χ0) is 28.2. The maximum Gasteiger partial charge on any atom is 0.411 e. The number of benzene rings is 3. The molecule has 1 amide bonds. The number of ether oxygens (including phenoxy) is 2. The Bertz CT molecular complexity index is 1880. The van der Waals surface area contributed by atoms with Crippen LogP contribution in [0.1, 0.15) is 23.6 Å². The van der Waals surface area contributed by atoms with Gasteiger partial charge in [-0.05, 0) is 49.7 Å². The van der Waals surface area contributed by atoms with E-state index in [1.165, 1.54) is 30.6 Å². The summed E-state index contributed by atoms with van der Waals surface area (Å²) in [6.45, 7) is 3.63. The summed E-state index contributed by atoms with van der Waals surface area (Å²) in [5, 5.41) is 19.9. The van der Waals surface area contributed by atoms with E-state index in [2.05, 4.69) is 9.97 Å². The van der Waals surface area contributed by atoms with Crippen molar-refractivity contribution in [3.8, 4) is 28.3 Å². The standard InChI is InChI=1S/C29H22FN5O4S/c1-15-7-18(24-21(8-15)33-23(38-3)13-32-24)27-34-22-10-20(30)25-19(26(22)40-27)11-29(2,39-25)14-35(28(36)37)17-6-4-5-16(9-17)12-31/h4-10,13H,11,14H2,1-3H3,(H,36,37)/t29-/m0/s1. The minimum absolute atomic E-state index is 0.0710. The highest BCUT2D eigenvalue weighted by molar-refractivity contribution is 7.22. The highest BCUT2D eigenvalue weighted by Crippen LogP contribution is 2.46. The van der Waals surface area contributed by atoms with Crippen molar-refractivity contribution >= 4 is 44.4 Å². The van der Waals surface area contributed by atoms with E-state index in [0.29, 0.717) is 44.3 Å². The molecule has 1 N–H and O–H groups in total. The van der Waals surface area contributed by atoms with Crippen molar-refractivity contribution in [3.63, 3.8) is 0 Å². The van der Waals surface area contributed by atoms with Crippen LogP contribution in [0.15, 0.2) is 48.7 Å². The Balaban J connectivity index is 1.40. The second-order valence-electron chi connectivity index (χ2n) is 9.89. The van der Waals surface area contributed by atoms with Crippen molar-refractivity contribution < 1.29 is 23.8 Å². The maximum absolute atomic E-state index is 15.3. The number of hydrogen-bond acceptors (Lipinski definition) is 8. The van der Waals surface area contributed by atoms with Gasteiger partial charge in [-0.25, -0.2) is 24.1 Å². The van der Waals surface area contributed by atoms with E-state index in [1.54, 1.807) is 31.3 Å². The Morgan fingerprint density at radius 2 is 2.10 bits per heavy atom. The van der Waals surface area contributed by atoms with Crippen LogP contribution in [-0.2, 0) is 6.42 Å². The fourth-order valence-electron chi connectivity index (χ4n) is 5.07. The van der Waals surface area contributed by atoms with Gasteiger partial charge in [-0.2, -0.15) is 5.26 Å². The van der Waals surface area contributed by atoms with Gasteiger partial charge >= 0.3 is 6.09 Å². The number of methoxy groups -OCH3 is 1. The van der Waals surface area contributed by atoms with Crippen molar-refractivity contribution in [1.82, 2.24) is 15.0 Å². The molecule has 3 heterocycles. The molecule has 0 aliphatic carbocycles. The number of halogens is 1. The number of fused-ring (bicyclic) bond motifs is 4. The normalized spacial score (nSPS) is 16.0. The number of amides is 1. The molecule has 5 aromatic rings. The molecule has 0 radical (unpaired) electrons. The molecule has 0 saturated heterocycles. The fourth-order valence-corrected chi connectivity index (χ4v) is 6.17. The van der Waals surface area contributed by atoms with Crippen LogP contribution in [0.25, 0.3) is 31.8 Å². The Hall–Kier alpha value is -4.82. The van der Waals surface area contributed by atoms with Crippen LogP contribution in [0.3, 0.4) is 0 Å². The lowest BCUT2D eigenvalue weighted by molar-refractivity contribution is 0.115. The van der Waals surface area contributed by atoms with Gasteiger partial charge in [0.15, 0.2) is 11.6 Å². The summed E-state index contributed by atoms with van der Waals surface area (Å²) in [4.78, 5) is 27.1. The molecule has 11 heteroatoms. The zero-order valence-corrected chi connectivity index (χ0v) is 22.5. The topological polar surface area (TPSA) is 121 Å². The Kier molecular flexibility index (Phi) is 6.00. The predicted octanol–water partition coefficient (Wildman–Crippen LogP) is 6.11. The molecule has 3 aromatic carbocycles. The highest BCUT2D eigenvalue weighted by Gasteiger charge is 2.41. The lowest BCUT2D eigenvalue weighted by Gasteiger charge is -2.30. The first kappa shape index (κ1) is 25.5. The van der Waals surface area contributed by atoms with Crippen LogP contribution >= 0.6 is 11.3 Å². The van der Waals surface area contributed by atoms with Gasteiger partial charge in [0, 0.05) is 29.3 Å². The number of nitrogens with zero attached hydrogens (tertiary/aromatic N) is 5. The van der Waals surface area contributed by atoms with Gasteiger partial charge in [-0.15, -0.1) is 11.3 Å². The van der Waals surface area contributed by atoms with Crippen LogP contribution in [0.5, 0.6) is 11.6 Å². The Labute approximate surface area is 232 Å². The number of hydrogen-bond donors (Lipinski definition) is 1. The predicted molar refractivity (Wildman–Crippen MR) is 149 cm³/mol. The van der Waals surface area contributed by atoms with E-state index in [4.69, 9.17) is 14.5 Å². The third kappa shape index (κ3) is 4.32. The van der Waals surface area contributed by atoms with Gasteiger partial charge in [0.25, 0.3) is 0 Å². The quantitative estimate of drug-likeness (QED) is 0.276. The highest BCUT2D eigenvalue weighted by atomic mass is 32.1. The number of aryl methyl sites for hydroxylation is 1. The van der Waals surface area contributed by atoms with Crippen molar-refractivity contribution in [2.45, 2.75) is 25.9 Å². The summed E-state index contributed by atoms with van der Waals surface area (Å²) in [5.41, 5.74) is 3.79. The van der Waals surface area contributed by atoms with E-state index >= 15 is 4.39 Å². The van der Waals surface area contributed by atoms with E-state index in [1.807, 2.05) is 25.1 Å². The van der Waals surface area contributed by atoms with Crippen LogP contribution < -0.4 is 14.4 Å². The second kappa shape index (κ2) is 9.43. The molecule has 40 heavy (non-hydrogen) atoms. The summed E-state index contributed by atoms with van der Waals surface area (Å²) in [6.07, 6.45) is 0.614. The summed E-state index contributed by atoms with van der Waals surface area (Å²) >= 11 is 1.40. The fraction of sp³-hybridized carbons (Fsp3) is 0.207. The molecular formula is C29H22FN5O4S. The maximum atomic E-state index is 15.3. The average Bonchev–Trinajstić information content (AvgIpc) is 3.52. The second-order valence-corrected chi connectivity index (χ2v) is 10.9. The number of carboxylic acid groups (broad SMARTS) is 1. The summed E-state index contributed by atoms with van der Waals surface area (Å²) in [5.74, 6) is -0.0607. The number of nitriles is 1. The van der Waals surface area contributed by atoms with Gasteiger partial charge in [0.1, 0.15) is 10.6 Å². The third-order valence-corrected chi connectivity index (χ3v) is 7.96. The van der Waals surface area contributed by atoms with Crippen LogP contribution in [0.4, 0.5) is 14.9 Å². The SMILES string of the molecule is COc1cnc2c(-c3nc4cc(F)c5c(c4s3)C[C@@](C)(CN(C(=O)O)c3cccc(C#N)c3)O5)cc(C)cc2n1. The number of anilines is 1. The number of carbonyl (C=O) groups is 1. The summed E-state index contributed by atoms with van der Waals surface area (Å²) < 4.78 is 27.4. The first-order chi connectivity index (χ1) is 19.2. The van der Waals surface area contributed by atoms with E-state index < -0.39 is 17.5 Å². The van der Waals surface area contributed by atoms with Gasteiger partial charge in [0.05, 0.1) is 52.7 Å². The van der Waals surface area contributed by atoms with Gasteiger partial charge in [-0.3, -0.25) is 4.90 Å². The molecule has 9 nitrogen and oxygen atoms in total. The van der Waals surface area contributed by atoms with Crippen molar-refractivity contribution in [1.29, 1.82) is 5.26 Å². The van der Waals surface area contributed by atoms with E-state index in [0.717, 1.165) is 20.7 Å². The van der Waals surface area contributed by atoms with Gasteiger partial charge < -0.3 is 14.6 Å². The smallest absolute Gasteiger partial charge is 0.411 e. The third-order valence-electron chi connectivity index (χ3n) is 6.80. The summed E-state index contributed by atoms with van der Waals surface area (Å²) in [7, 11) is 1.53. The monoisotopic (exact) mass is 555 g/mol. The molecule has 200 valence electrons. The lowest BCUT2D eigenvalue weighted by atomic mass is 9.98. The minimum atomic E-state index is -1.20. The minimum Gasteiger partial charge on any atom is -0.482 e. The Morgan fingerprint density at radius 1 is 1.27 bits per heavy atom. The first-order valence-electron chi connectivity index (χ1n) is 12.3. The molecule has 0 fully saturated rings. The number of thiazole rings is 1. The Morgan fingerprint density at radius 3 is 2.85 bits per heavy atom. The first-order valence-corrected chi connectivity index (χ1v) is 13.1. The average molecular weight is 556 g/mol. The molecule has 0 bridgehead atoms. The molecule has 2 aromatic heterocycles. The van der Waals surface area contributed by atoms with E-state index in [-0.39, 0.29) is 18.7 Å². The van der Waals surface area contributed by atoms with Crippen LogP contribution in [0, 0.1) is 24.1 Å². The molecule has 6 rings (SSSR count). The molecule has 0 unspecified atom stereocenters. The number of aromatic nitrogens is 3. The molecule has 0 saturated carbocycles. The van der Waals surface area contributed by atoms with Crippen molar-refractivity contribution in [2.24, 2.45) is 0 Å². The number of rotatable bonds is 5. The lowest BCUT2D eigenvalue weighted by Crippen LogP contribution is -2.46. The molecule has 1 aliphatic heterocycles. The van der Waals surface area contributed by atoms with Crippen LogP contribution in [0.2, 0.25) is 0 Å². The van der Waals surface area contributed by atoms with Crippen molar-refractivity contribution in [3.05, 3.63) is 71.2 Å². The molecular weight excluding hydrogens is 533 g/mol. The van der Waals surface area contributed by atoms with E-state index in [9.17, 15) is 15.2 Å². The zero-order valence-electron chi connectivity index (χ0n) is 21.7.